The molecule has 0 aromatic carbocycles. The van der Waals surface area contributed by atoms with Gasteiger partial charge in [0.15, 0.2) is 6.04 Å². The number of likely N-dealkylation sites (tertiary alicyclic amines) is 1. The number of carbonyl (C=O) groups is 5. The van der Waals surface area contributed by atoms with Gasteiger partial charge in [0, 0.05) is 58.9 Å². The van der Waals surface area contributed by atoms with Gasteiger partial charge < -0.3 is 29.5 Å². The maximum atomic E-state index is 12.9. The van der Waals surface area contributed by atoms with Crippen molar-refractivity contribution in [3.05, 3.63) is 0 Å². The van der Waals surface area contributed by atoms with Crippen molar-refractivity contribution in [3.63, 3.8) is 0 Å². The lowest BCUT2D eigenvalue weighted by Crippen LogP contribution is -2.53. The SMILES string of the molecule is CC(C)(C)OC(=O)CN1CCN(CC(=O)OC(C)(C)C)CCN([C@@H]2CN(C(=O)O)[C@H](C(=O)O)[C@H]2O)CCN(CC(=O)OC(C)(C)C)CC1. The molecule has 0 aromatic rings. The number of nitrogens with zero attached hydrogens (tertiary/aromatic N) is 5. The monoisotopic (exact) mass is 687 g/mol. The van der Waals surface area contributed by atoms with Crippen LogP contribution in [-0.2, 0) is 33.4 Å². The van der Waals surface area contributed by atoms with Gasteiger partial charge in [-0.2, -0.15) is 0 Å². The molecule has 1 amide bonds. The zero-order valence-electron chi connectivity index (χ0n) is 30.1. The summed E-state index contributed by atoms with van der Waals surface area (Å²) in [6, 6.07) is -2.51. The maximum absolute atomic E-state index is 12.9. The number of hydrogen-bond acceptors (Lipinski definition) is 13. The molecule has 276 valence electrons. The molecule has 0 radical (unpaired) electrons. The summed E-state index contributed by atoms with van der Waals surface area (Å²) in [7, 11) is 0. The fraction of sp³-hybridized carbons (Fsp3) is 0.844. The highest BCUT2D eigenvalue weighted by Crippen LogP contribution is 2.24. The van der Waals surface area contributed by atoms with Gasteiger partial charge in [0.1, 0.15) is 22.9 Å². The molecular formula is C32H57N5O11. The number of aliphatic hydroxyl groups is 1. The normalized spacial score (nSPS) is 23.5. The van der Waals surface area contributed by atoms with Crippen molar-refractivity contribution >= 4 is 30.0 Å². The third-order valence-corrected chi connectivity index (χ3v) is 7.59. The number of aliphatic hydroxyl groups excluding tert-OH is 1. The van der Waals surface area contributed by atoms with Crippen LogP contribution < -0.4 is 0 Å². The number of rotatable bonds is 8. The van der Waals surface area contributed by atoms with E-state index in [1.54, 1.807) is 62.3 Å². The van der Waals surface area contributed by atoms with Crippen LogP contribution >= 0.6 is 0 Å². The number of carboxylic acids is 1. The summed E-state index contributed by atoms with van der Waals surface area (Å²) in [5.74, 6) is -2.77. The molecule has 0 unspecified atom stereocenters. The van der Waals surface area contributed by atoms with E-state index in [0.29, 0.717) is 26.2 Å². The zero-order chi connectivity index (χ0) is 36.6. The van der Waals surface area contributed by atoms with Gasteiger partial charge in [-0.1, -0.05) is 0 Å². The quantitative estimate of drug-likeness (QED) is 0.235. The predicted molar refractivity (Wildman–Crippen MR) is 174 cm³/mol. The summed E-state index contributed by atoms with van der Waals surface area (Å²) in [6.45, 7) is 18.0. The molecule has 0 aliphatic carbocycles. The van der Waals surface area contributed by atoms with E-state index in [-0.39, 0.29) is 52.4 Å². The van der Waals surface area contributed by atoms with Crippen LogP contribution in [0.1, 0.15) is 62.3 Å². The van der Waals surface area contributed by atoms with E-state index in [1.165, 1.54) is 0 Å². The van der Waals surface area contributed by atoms with Crippen LogP contribution in [0.5, 0.6) is 0 Å². The summed E-state index contributed by atoms with van der Waals surface area (Å²) in [4.78, 5) is 70.7. The topological polar surface area (TPSA) is 190 Å². The highest BCUT2D eigenvalue weighted by atomic mass is 16.6. The third kappa shape index (κ3) is 14.6. The molecule has 2 rings (SSSR count). The van der Waals surface area contributed by atoms with E-state index in [4.69, 9.17) is 14.2 Å². The van der Waals surface area contributed by atoms with Crippen molar-refractivity contribution in [1.29, 1.82) is 0 Å². The van der Waals surface area contributed by atoms with Crippen LogP contribution in [0, 0.1) is 0 Å². The van der Waals surface area contributed by atoms with Gasteiger partial charge in [0.2, 0.25) is 0 Å². The Hall–Kier alpha value is -3.05. The molecule has 0 bridgehead atoms. The first-order valence-electron chi connectivity index (χ1n) is 16.4. The maximum Gasteiger partial charge on any atom is 0.408 e. The molecule has 48 heavy (non-hydrogen) atoms. The van der Waals surface area contributed by atoms with Crippen molar-refractivity contribution in [1.82, 2.24) is 24.5 Å². The Kier molecular flexibility index (Phi) is 14.6. The van der Waals surface area contributed by atoms with Gasteiger partial charge in [-0.15, -0.1) is 0 Å². The van der Waals surface area contributed by atoms with Gasteiger partial charge in [0.05, 0.1) is 25.7 Å². The summed E-state index contributed by atoms with van der Waals surface area (Å²) < 4.78 is 16.7. The number of ether oxygens (including phenoxy) is 3. The smallest absolute Gasteiger partial charge is 0.408 e. The average Bonchev–Trinajstić information content (AvgIpc) is 3.22. The molecule has 2 fully saturated rings. The molecule has 16 heteroatoms. The Bertz CT molecular complexity index is 1080. The lowest BCUT2D eigenvalue weighted by atomic mass is 10.1. The Morgan fingerprint density at radius 1 is 0.583 bits per heavy atom. The van der Waals surface area contributed by atoms with Gasteiger partial charge in [-0.05, 0) is 62.3 Å². The molecule has 16 nitrogen and oxygen atoms in total. The first-order valence-corrected chi connectivity index (χ1v) is 16.4. The van der Waals surface area contributed by atoms with E-state index >= 15 is 0 Å². The number of aliphatic carboxylic acids is 1. The summed E-state index contributed by atoms with van der Waals surface area (Å²) in [5.41, 5.74) is -2.11. The molecule has 2 heterocycles. The van der Waals surface area contributed by atoms with E-state index in [2.05, 4.69) is 0 Å². The molecule has 3 N–H and O–H groups in total. The molecule has 2 aliphatic rings. The number of carbonyl (C=O) groups excluding carboxylic acids is 3. The van der Waals surface area contributed by atoms with Crippen molar-refractivity contribution in [2.24, 2.45) is 0 Å². The Morgan fingerprint density at radius 2 is 0.896 bits per heavy atom. The van der Waals surface area contributed by atoms with Crippen LogP contribution in [0.2, 0.25) is 0 Å². The molecule has 0 spiro atoms. The highest BCUT2D eigenvalue weighted by Gasteiger charge is 2.49. The van der Waals surface area contributed by atoms with Crippen molar-refractivity contribution in [2.75, 3.05) is 78.5 Å². The Morgan fingerprint density at radius 3 is 1.15 bits per heavy atom. The van der Waals surface area contributed by atoms with Crippen LogP contribution in [-0.4, -0.2) is 183 Å². The van der Waals surface area contributed by atoms with Crippen molar-refractivity contribution < 1.29 is 53.5 Å². The second kappa shape index (κ2) is 17.1. The molecular weight excluding hydrogens is 630 g/mol. The predicted octanol–water partition coefficient (Wildman–Crippen LogP) is 0.409. The van der Waals surface area contributed by atoms with E-state index in [9.17, 15) is 39.3 Å². The minimum atomic E-state index is -1.65. The van der Waals surface area contributed by atoms with Crippen LogP contribution in [0.3, 0.4) is 0 Å². The first kappa shape index (κ1) is 41.1. The van der Waals surface area contributed by atoms with Crippen LogP contribution in [0.4, 0.5) is 4.79 Å². The summed E-state index contributed by atoms with van der Waals surface area (Å²) >= 11 is 0. The van der Waals surface area contributed by atoms with Crippen molar-refractivity contribution in [2.45, 2.75) is 97.3 Å². The van der Waals surface area contributed by atoms with Gasteiger partial charge in [-0.25, -0.2) is 9.59 Å². The third-order valence-electron chi connectivity index (χ3n) is 7.59. The van der Waals surface area contributed by atoms with Gasteiger partial charge in [-0.3, -0.25) is 38.9 Å². The minimum Gasteiger partial charge on any atom is -0.480 e. The number of esters is 3. The van der Waals surface area contributed by atoms with E-state index in [1.807, 2.05) is 19.6 Å². The van der Waals surface area contributed by atoms with Crippen molar-refractivity contribution in [3.8, 4) is 0 Å². The van der Waals surface area contributed by atoms with E-state index < -0.39 is 65.0 Å². The first-order chi connectivity index (χ1) is 21.9. The zero-order valence-corrected chi connectivity index (χ0v) is 30.1. The lowest BCUT2D eigenvalue weighted by molar-refractivity contribution is -0.158. The summed E-state index contributed by atoms with van der Waals surface area (Å²) in [6.07, 6.45) is -2.98. The molecule has 2 saturated heterocycles. The molecule has 0 aromatic heterocycles. The minimum absolute atomic E-state index is 0.0141. The Balaban J connectivity index is 2.42. The fourth-order valence-corrected chi connectivity index (χ4v) is 5.65. The number of hydrogen-bond donors (Lipinski definition) is 3. The Labute approximate surface area is 283 Å². The molecule has 0 saturated carbocycles. The molecule has 2 aliphatic heterocycles. The lowest BCUT2D eigenvalue weighted by Gasteiger charge is -2.37. The largest absolute Gasteiger partial charge is 0.480 e. The van der Waals surface area contributed by atoms with E-state index in [0.717, 1.165) is 4.90 Å². The number of amides is 1. The second-order valence-electron chi connectivity index (χ2n) is 15.4. The average molecular weight is 688 g/mol. The van der Waals surface area contributed by atoms with Crippen LogP contribution in [0.25, 0.3) is 0 Å². The highest BCUT2D eigenvalue weighted by molar-refractivity contribution is 5.81. The second-order valence-corrected chi connectivity index (χ2v) is 15.4. The standard InChI is InChI=1S/C32H57N5O11/c1-30(2,3)46-23(38)19-33-10-12-34(20-24(39)47-31(4,5)6)14-16-36(22-18-37(29(44)45)26(27(22)41)28(42)43)17-15-35(13-11-33)21-25(40)48-32(7,8)9/h22,26-27,41H,10-21H2,1-9H3,(H,42,43)(H,44,45)/t22-,26+,27+/m1/s1. The van der Waals surface area contributed by atoms with Crippen LogP contribution in [0.15, 0.2) is 0 Å². The summed E-state index contributed by atoms with van der Waals surface area (Å²) in [5, 5.41) is 30.6. The van der Waals surface area contributed by atoms with Gasteiger partial charge >= 0.3 is 30.0 Å². The number of carboxylic acid groups (broad SMARTS) is 2. The molecule has 3 atom stereocenters. The van der Waals surface area contributed by atoms with Gasteiger partial charge in [0.25, 0.3) is 0 Å². The fourth-order valence-electron chi connectivity index (χ4n) is 5.65.